The summed E-state index contributed by atoms with van der Waals surface area (Å²) in [7, 11) is 0. The predicted molar refractivity (Wildman–Crippen MR) is 80.8 cm³/mol. The number of rotatable bonds is 1. The second-order valence-corrected chi connectivity index (χ2v) is 7.45. The van der Waals surface area contributed by atoms with Gasteiger partial charge in [0.05, 0.1) is 6.10 Å². The quantitative estimate of drug-likeness (QED) is 0.764. The van der Waals surface area contributed by atoms with Gasteiger partial charge in [-0.25, -0.2) is 0 Å². The minimum atomic E-state index is -0.361. The normalized spacial score (nSPS) is 35.0. The number of phenolic OH excluding ortho intramolecular Hbond substituents is 1. The van der Waals surface area contributed by atoms with Gasteiger partial charge in [0.1, 0.15) is 5.75 Å². The number of hydrogen-bond donors (Lipinski definition) is 2. The number of allylic oxidation sites excluding steroid dienone is 1. The van der Waals surface area contributed by atoms with Crippen molar-refractivity contribution in [2.24, 2.45) is 10.8 Å². The van der Waals surface area contributed by atoms with Gasteiger partial charge in [-0.2, -0.15) is 0 Å². The lowest BCUT2D eigenvalue weighted by molar-refractivity contribution is 0.0362. The maximum Gasteiger partial charge on any atom is 0.115 e. The molecule has 3 unspecified atom stereocenters. The van der Waals surface area contributed by atoms with Crippen LogP contribution in [0.2, 0.25) is 0 Å². The second-order valence-electron chi connectivity index (χ2n) is 7.45. The summed E-state index contributed by atoms with van der Waals surface area (Å²) in [6, 6.07) is 5.78. The van der Waals surface area contributed by atoms with Crippen molar-refractivity contribution in [1.82, 2.24) is 0 Å². The van der Waals surface area contributed by atoms with Crippen LogP contribution in [0.3, 0.4) is 0 Å². The summed E-state index contributed by atoms with van der Waals surface area (Å²) in [5.41, 5.74) is 2.63. The Labute approximate surface area is 121 Å². The van der Waals surface area contributed by atoms with Crippen molar-refractivity contribution in [3.63, 3.8) is 0 Å². The van der Waals surface area contributed by atoms with Crippen LogP contribution in [0.15, 0.2) is 30.4 Å². The van der Waals surface area contributed by atoms with E-state index in [1.54, 1.807) is 6.07 Å². The number of phenols is 1. The predicted octanol–water partition coefficient (Wildman–Crippen LogP) is 3.78. The summed E-state index contributed by atoms with van der Waals surface area (Å²) >= 11 is 0. The molecule has 0 saturated heterocycles. The van der Waals surface area contributed by atoms with Gasteiger partial charge in [-0.05, 0) is 59.3 Å². The summed E-state index contributed by atoms with van der Waals surface area (Å²) in [6.07, 6.45) is 6.99. The average molecular weight is 272 g/mol. The first-order valence-corrected chi connectivity index (χ1v) is 7.51. The molecule has 0 fully saturated rings. The molecule has 0 heterocycles. The van der Waals surface area contributed by atoms with Gasteiger partial charge in [0.15, 0.2) is 0 Å². The molecule has 1 aromatic rings. The summed E-state index contributed by atoms with van der Waals surface area (Å²) < 4.78 is 0. The zero-order valence-corrected chi connectivity index (χ0v) is 12.6. The lowest BCUT2D eigenvalue weighted by Gasteiger charge is -2.45. The first-order valence-electron chi connectivity index (χ1n) is 7.51. The SMILES string of the molecule is CC1(C)CC(C)(C2CCc3ccc(O)cc32)C=CC1O. The van der Waals surface area contributed by atoms with Crippen molar-refractivity contribution in [2.45, 2.75) is 52.1 Å². The third-order valence-electron chi connectivity index (χ3n) is 5.30. The molecule has 2 aliphatic carbocycles. The molecule has 3 atom stereocenters. The summed E-state index contributed by atoms with van der Waals surface area (Å²) in [4.78, 5) is 0. The second kappa shape index (κ2) is 4.36. The van der Waals surface area contributed by atoms with E-state index < -0.39 is 0 Å². The van der Waals surface area contributed by atoms with E-state index in [0.717, 1.165) is 19.3 Å². The number of aromatic hydroxyl groups is 1. The molecule has 0 aliphatic heterocycles. The Balaban J connectivity index is 1.99. The third kappa shape index (κ3) is 2.07. The molecule has 0 spiro atoms. The fraction of sp³-hybridized carbons (Fsp3) is 0.556. The van der Waals surface area contributed by atoms with Crippen LogP contribution in [0.4, 0.5) is 0 Å². The number of aliphatic hydroxyl groups excluding tert-OH is 1. The maximum atomic E-state index is 10.1. The Kier molecular flexibility index (Phi) is 2.98. The lowest BCUT2D eigenvalue weighted by atomic mass is 9.61. The van der Waals surface area contributed by atoms with Gasteiger partial charge in [0.2, 0.25) is 0 Å². The van der Waals surface area contributed by atoms with Crippen LogP contribution in [-0.2, 0) is 6.42 Å². The minimum absolute atomic E-state index is 0.0573. The molecular formula is C18H24O2. The monoisotopic (exact) mass is 272 g/mol. The first-order chi connectivity index (χ1) is 9.32. The fourth-order valence-corrected chi connectivity index (χ4v) is 4.23. The molecule has 108 valence electrons. The molecule has 2 heteroatoms. The largest absolute Gasteiger partial charge is 0.508 e. The zero-order chi connectivity index (χ0) is 14.5. The molecule has 0 aromatic heterocycles. The van der Waals surface area contributed by atoms with Crippen LogP contribution in [0, 0.1) is 10.8 Å². The van der Waals surface area contributed by atoms with Gasteiger partial charge in [-0.15, -0.1) is 0 Å². The molecule has 20 heavy (non-hydrogen) atoms. The van der Waals surface area contributed by atoms with Crippen molar-refractivity contribution < 1.29 is 10.2 Å². The molecule has 0 amide bonds. The fourth-order valence-electron chi connectivity index (χ4n) is 4.23. The smallest absolute Gasteiger partial charge is 0.115 e. The molecule has 3 rings (SSSR count). The molecule has 2 nitrogen and oxygen atoms in total. The third-order valence-corrected chi connectivity index (χ3v) is 5.30. The van der Waals surface area contributed by atoms with Gasteiger partial charge in [-0.3, -0.25) is 0 Å². The number of aryl methyl sites for hydroxylation is 1. The summed E-state index contributed by atoms with van der Waals surface area (Å²) in [5, 5.41) is 19.9. The molecule has 0 saturated carbocycles. The number of benzene rings is 1. The van der Waals surface area contributed by atoms with Crippen LogP contribution < -0.4 is 0 Å². The van der Waals surface area contributed by atoms with Gasteiger partial charge in [0.25, 0.3) is 0 Å². The van der Waals surface area contributed by atoms with E-state index in [-0.39, 0.29) is 16.9 Å². The molecule has 1 aromatic carbocycles. The number of aliphatic hydroxyl groups is 1. The highest BCUT2D eigenvalue weighted by Crippen LogP contribution is 2.54. The molecule has 2 aliphatic rings. The maximum absolute atomic E-state index is 10.1. The number of fused-ring (bicyclic) bond motifs is 1. The van der Waals surface area contributed by atoms with Crippen LogP contribution in [0.5, 0.6) is 5.75 Å². The Morgan fingerprint density at radius 3 is 2.65 bits per heavy atom. The van der Waals surface area contributed by atoms with Crippen molar-refractivity contribution >= 4 is 0 Å². The molecule has 0 bridgehead atoms. The van der Waals surface area contributed by atoms with Crippen LogP contribution in [-0.4, -0.2) is 16.3 Å². The zero-order valence-electron chi connectivity index (χ0n) is 12.6. The van der Waals surface area contributed by atoms with Crippen LogP contribution in [0.25, 0.3) is 0 Å². The van der Waals surface area contributed by atoms with E-state index in [2.05, 4.69) is 32.9 Å². The molecule has 0 radical (unpaired) electrons. The summed E-state index contributed by atoms with van der Waals surface area (Å²) in [6.45, 7) is 6.57. The lowest BCUT2D eigenvalue weighted by Crippen LogP contribution is -2.39. The van der Waals surface area contributed by atoms with E-state index >= 15 is 0 Å². The van der Waals surface area contributed by atoms with Crippen molar-refractivity contribution in [3.8, 4) is 5.75 Å². The Hall–Kier alpha value is -1.28. The highest BCUT2D eigenvalue weighted by molar-refractivity contribution is 5.42. The standard InChI is InChI=1S/C18H24O2/c1-17(2)11-18(3,9-8-16(17)20)15-7-5-12-4-6-13(19)10-14(12)15/h4,6,8-10,15-16,19-20H,5,7,11H2,1-3H3. The van der Waals surface area contributed by atoms with Crippen LogP contribution >= 0.6 is 0 Å². The summed E-state index contributed by atoms with van der Waals surface area (Å²) in [5.74, 6) is 0.797. The molecular weight excluding hydrogens is 248 g/mol. The Bertz CT molecular complexity index is 559. The van der Waals surface area contributed by atoms with E-state index in [4.69, 9.17) is 0 Å². The Morgan fingerprint density at radius 1 is 1.20 bits per heavy atom. The average Bonchev–Trinajstić information content (AvgIpc) is 2.77. The first kappa shape index (κ1) is 13.7. The van der Waals surface area contributed by atoms with Gasteiger partial charge >= 0.3 is 0 Å². The van der Waals surface area contributed by atoms with Gasteiger partial charge < -0.3 is 10.2 Å². The van der Waals surface area contributed by atoms with E-state index in [9.17, 15) is 10.2 Å². The minimum Gasteiger partial charge on any atom is -0.508 e. The topological polar surface area (TPSA) is 40.5 Å². The van der Waals surface area contributed by atoms with E-state index in [0.29, 0.717) is 11.7 Å². The van der Waals surface area contributed by atoms with Gasteiger partial charge in [-0.1, -0.05) is 39.0 Å². The van der Waals surface area contributed by atoms with E-state index in [1.165, 1.54) is 11.1 Å². The van der Waals surface area contributed by atoms with Crippen molar-refractivity contribution in [3.05, 3.63) is 41.5 Å². The number of hydrogen-bond acceptors (Lipinski definition) is 2. The van der Waals surface area contributed by atoms with Gasteiger partial charge in [0, 0.05) is 0 Å². The van der Waals surface area contributed by atoms with Crippen molar-refractivity contribution in [2.75, 3.05) is 0 Å². The van der Waals surface area contributed by atoms with Crippen LogP contribution in [0.1, 0.15) is 50.7 Å². The highest BCUT2D eigenvalue weighted by Gasteiger charge is 2.45. The highest BCUT2D eigenvalue weighted by atomic mass is 16.3. The van der Waals surface area contributed by atoms with Crippen molar-refractivity contribution in [1.29, 1.82) is 0 Å². The van der Waals surface area contributed by atoms with E-state index in [1.807, 2.05) is 12.1 Å². The Morgan fingerprint density at radius 2 is 1.95 bits per heavy atom. The molecule has 2 N–H and O–H groups in total.